The lowest BCUT2D eigenvalue weighted by molar-refractivity contribution is -0.142. The van der Waals surface area contributed by atoms with Gasteiger partial charge in [-0.2, -0.15) is 0 Å². The van der Waals surface area contributed by atoms with Gasteiger partial charge < -0.3 is 15.0 Å². The molecule has 0 saturated carbocycles. The Morgan fingerprint density at radius 1 is 1.11 bits per heavy atom. The second-order valence-electron chi connectivity index (χ2n) is 9.58. The van der Waals surface area contributed by atoms with Crippen molar-refractivity contribution in [1.29, 1.82) is 0 Å². The molecule has 1 N–H and O–H groups in total. The van der Waals surface area contributed by atoms with Crippen LogP contribution in [0.3, 0.4) is 0 Å². The number of aryl methyl sites for hydroxylation is 1. The predicted octanol–water partition coefficient (Wildman–Crippen LogP) is 3.94. The van der Waals surface area contributed by atoms with Crippen molar-refractivity contribution in [2.75, 3.05) is 13.2 Å². The molecule has 1 aliphatic rings. The molecule has 2 amide bonds. The first kappa shape index (κ1) is 25.5. The summed E-state index contributed by atoms with van der Waals surface area (Å²) in [5.74, 6) is -0.990. The summed E-state index contributed by atoms with van der Waals surface area (Å²) >= 11 is 0. The van der Waals surface area contributed by atoms with Gasteiger partial charge in [0.05, 0.1) is 11.6 Å². The molecule has 9 heteroatoms. The van der Waals surface area contributed by atoms with Gasteiger partial charge >= 0.3 is 0 Å². The highest BCUT2D eigenvalue weighted by Gasteiger charge is 2.32. The fourth-order valence-electron chi connectivity index (χ4n) is 4.70. The van der Waals surface area contributed by atoms with Crippen LogP contribution in [0.5, 0.6) is 0 Å². The molecule has 38 heavy (non-hydrogen) atoms. The third-order valence-electron chi connectivity index (χ3n) is 6.77. The van der Waals surface area contributed by atoms with Gasteiger partial charge in [0.1, 0.15) is 23.9 Å². The first-order valence-electron chi connectivity index (χ1n) is 12.8. The van der Waals surface area contributed by atoms with E-state index in [1.54, 1.807) is 12.1 Å². The third-order valence-corrected chi connectivity index (χ3v) is 6.77. The van der Waals surface area contributed by atoms with Crippen molar-refractivity contribution in [2.24, 2.45) is 0 Å². The van der Waals surface area contributed by atoms with E-state index in [1.165, 1.54) is 21.7 Å². The number of ether oxygens (including phenoxy) is 1. The first-order chi connectivity index (χ1) is 18.5. The number of aromatic nitrogens is 3. The van der Waals surface area contributed by atoms with Crippen molar-refractivity contribution in [3.8, 4) is 0 Å². The lowest BCUT2D eigenvalue weighted by Crippen LogP contribution is -2.46. The molecule has 2 atom stereocenters. The van der Waals surface area contributed by atoms with Crippen molar-refractivity contribution in [2.45, 2.75) is 45.0 Å². The molecule has 0 spiro atoms. The largest absolute Gasteiger partial charge is 0.376 e. The average Bonchev–Trinajstić information content (AvgIpc) is 3.60. The Hall–Kier alpha value is -4.11. The highest BCUT2D eigenvalue weighted by atomic mass is 19.1. The number of para-hydroxylation sites is 1. The second-order valence-corrected chi connectivity index (χ2v) is 9.58. The van der Waals surface area contributed by atoms with E-state index in [4.69, 9.17) is 4.74 Å². The number of fused-ring (bicyclic) bond motifs is 1. The van der Waals surface area contributed by atoms with Crippen LogP contribution >= 0.6 is 0 Å². The zero-order valence-corrected chi connectivity index (χ0v) is 21.2. The third kappa shape index (κ3) is 5.89. The number of benzene rings is 3. The van der Waals surface area contributed by atoms with Crippen LogP contribution in [0.15, 0.2) is 72.8 Å². The maximum absolute atomic E-state index is 13.9. The van der Waals surface area contributed by atoms with E-state index >= 15 is 0 Å². The van der Waals surface area contributed by atoms with Crippen LogP contribution < -0.4 is 5.32 Å². The summed E-state index contributed by atoms with van der Waals surface area (Å²) in [6.45, 7) is 3.02. The fourth-order valence-corrected chi connectivity index (χ4v) is 4.70. The number of nitrogens with one attached hydrogen (secondary N) is 1. The molecule has 2 heterocycles. The average molecular weight is 516 g/mol. The van der Waals surface area contributed by atoms with Crippen molar-refractivity contribution in [1.82, 2.24) is 25.2 Å². The Morgan fingerprint density at radius 3 is 2.61 bits per heavy atom. The number of carbonyl (C=O) groups excluding carboxylic acids is 2. The molecule has 1 saturated heterocycles. The Morgan fingerprint density at radius 2 is 1.87 bits per heavy atom. The maximum Gasteiger partial charge on any atom is 0.247 e. The van der Waals surface area contributed by atoms with Crippen LogP contribution in [0.2, 0.25) is 0 Å². The topological polar surface area (TPSA) is 89.4 Å². The second kappa shape index (κ2) is 11.5. The summed E-state index contributed by atoms with van der Waals surface area (Å²) in [6, 6.07) is 20.0. The normalized spacial score (nSPS) is 15.9. The summed E-state index contributed by atoms with van der Waals surface area (Å²) in [6.07, 6.45) is 1.80. The maximum atomic E-state index is 13.9. The number of nitrogens with zero attached hydrogens (tertiary/aromatic N) is 4. The van der Waals surface area contributed by atoms with Gasteiger partial charge in [-0.15, -0.1) is 5.10 Å². The molecule has 8 nitrogen and oxygen atoms in total. The van der Waals surface area contributed by atoms with Gasteiger partial charge in [0.15, 0.2) is 0 Å². The number of hydrogen-bond donors (Lipinski definition) is 1. The Kier molecular flexibility index (Phi) is 7.74. The van der Waals surface area contributed by atoms with E-state index in [9.17, 15) is 14.0 Å². The van der Waals surface area contributed by atoms with E-state index in [1.807, 2.05) is 55.5 Å². The first-order valence-corrected chi connectivity index (χ1v) is 12.8. The molecule has 1 aromatic heterocycles. The highest BCUT2D eigenvalue weighted by Crippen LogP contribution is 2.26. The van der Waals surface area contributed by atoms with Crippen molar-refractivity contribution >= 4 is 22.8 Å². The van der Waals surface area contributed by atoms with E-state index in [0.717, 1.165) is 23.9 Å². The molecular formula is C29H30FN5O3. The molecular weight excluding hydrogens is 485 g/mol. The number of halogens is 1. The molecule has 4 aromatic rings. The number of amides is 2. The molecule has 0 bridgehead atoms. The Labute approximate surface area is 220 Å². The molecule has 1 fully saturated rings. The molecule has 0 aliphatic carbocycles. The van der Waals surface area contributed by atoms with Gasteiger partial charge in [-0.25, -0.2) is 9.07 Å². The van der Waals surface area contributed by atoms with Gasteiger partial charge in [0.25, 0.3) is 0 Å². The number of rotatable bonds is 9. The highest BCUT2D eigenvalue weighted by molar-refractivity contribution is 5.89. The zero-order chi connectivity index (χ0) is 26.5. The number of carbonyl (C=O) groups is 2. The SMILES string of the molecule is Cc1ccc(C(C(=O)NCC2CCCO2)N(Cc2ccc(F)cc2)C(=O)Cn2nnc3ccccc32)cc1. The van der Waals surface area contributed by atoms with E-state index in [2.05, 4.69) is 15.6 Å². The van der Waals surface area contributed by atoms with E-state index in [0.29, 0.717) is 29.8 Å². The van der Waals surface area contributed by atoms with Crippen LogP contribution in [-0.4, -0.2) is 51.0 Å². The van der Waals surface area contributed by atoms with Gasteiger partial charge in [0, 0.05) is 19.7 Å². The van der Waals surface area contributed by atoms with Crippen molar-refractivity contribution < 1.29 is 18.7 Å². The Balaban J connectivity index is 1.49. The molecule has 5 rings (SSSR count). The minimum absolute atomic E-state index is 0.0413. The summed E-state index contributed by atoms with van der Waals surface area (Å²) in [7, 11) is 0. The smallest absolute Gasteiger partial charge is 0.247 e. The van der Waals surface area contributed by atoms with Gasteiger partial charge in [-0.1, -0.05) is 59.3 Å². The summed E-state index contributed by atoms with van der Waals surface area (Å²) < 4.78 is 20.9. The van der Waals surface area contributed by atoms with Crippen LogP contribution in [0, 0.1) is 12.7 Å². The number of hydrogen-bond acceptors (Lipinski definition) is 5. The van der Waals surface area contributed by atoms with E-state index < -0.39 is 6.04 Å². The van der Waals surface area contributed by atoms with Crippen LogP contribution in [0.25, 0.3) is 11.0 Å². The van der Waals surface area contributed by atoms with Gasteiger partial charge in [0.2, 0.25) is 11.8 Å². The fraction of sp³-hybridized carbons (Fsp3) is 0.310. The lowest BCUT2D eigenvalue weighted by Gasteiger charge is -2.32. The monoisotopic (exact) mass is 515 g/mol. The van der Waals surface area contributed by atoms with Crippen LogP contribution in [-0.2, 0) is 27.4 Å². The quantitative estimate of drug-likeness (QED) is 0.365. The Bertz CT molecular complexity index is 1400. The van der Waals surface area contributed by atoms with Gasteiger partial charge in [-0.3, -0.25) is 9.59 Å². The van der Waals surface area contributed by atoms with Crippen molar-refractivity contribution in [3.05, 3.63) is 95.3 Å². The minimum atomic E-state index is -0.913. The minimum Gasteiger partial charge on any atom is -0.376 e. The summed E-state index contributed by atoms with van der Waals surface area (Å²) in [5, 5.41) is 11.3. The standard InChI is InChI=1S/C29H30FN5O3/c1-20-8-12-22(13-9-20)28(29(37)31-17-24-5-4-16-38-24)34(18-21-10-14-23(30)15-11-21)27(36)19-35-26-7-3-2-6-25(26)32-33-35/h2-3,6-15,24,28H,4-5,16-19H2,1H3,(H,31,37). The molecule has 3 aromatic carbocycles. The van der Waals surface area contributed by atoms with Crippen molar-refractivity contribution in [3.63, 3.8) is 0 Å². The molecule has 2 unspecified atom stereocenters. The van der Waals surface area contributed by atoms with E-state index in [-0.39, 0.29) is 36.8 Å². The van der Waals surface area contributed by atoms with Gasteiger partial charge in [-0.05, 0) is 55.2 Å². The zero-order valence-electron chi connectivity index (χ0n) is 21.2. The predicted molar refractivity (Wildman–Crippen MR) is 140 cm³/mol. The summed E-state index contributed by atoms with van der Waals surface area (Å²) in [4.78, 5) is 29.2. The molecule has 0 radical (unpaired) electrons. The van der Waals surface area contributed by atoms with Crippen LogP contribution in [0.1, 0.15) is 35.6 Å². The van der Waals surface area contributed by atoms with Crippen LogP contribution in [0.4, 0.5) is 4.39 Å². The molecule has 196 valence electrons. The summed E-state index contributed by atoms with van der Waals surface area (Å²) in [5.41, 5.74) is 3.82. The lowest BCUT2D eigenvalue weighted by atomic mass is 10.0. The molecule has 1 aliphatic heterocycles.